The van der Waals surface area contributed by atoms with Gasteiger partial charge in [0.15, 0.2) is 0 Å². The van der Waals surface area contributed by atoms with Crippen LogP contribution in [0.4, 0.5) is 0 Å². The molecular formula is C16H27NOS. The van der Waals surface area contributed by atoms with Crippen molar-refractivity contribution in [1.82, 2.24) is 5.32 Å². The van der Waals surface area contributed by atoms with Crippen LogP contribution >= 0.6 is 0 Å². The largest absolute Gasteiger partial charge is 0.312 e. The summed E-state index contributed by atoms with van der Waals surface area (Å²) in [6.45, 7) is 10.5. The minimum absolute atomic E-state index is 0.102. The topological polar surface area (TPSA) is 29.1 Å². The zero-order valence-electron chi connectivity index (χ0n) is 12.9. The molecule has 0 fully saturated rings. The van der Waals surface area contributed by atoms with Crippen molar-refractivity contribution in [1.29, 1.82) is 0 Å². The van der Waals surface area contributed by atoms with Crippen molar-refractivity contribution < 1.29 is 4.21 Å². The molecule has 0 heterocycles. The first-order chi connectivity index (χ1) is 8.88. The average molecular weight is 281 g/mol. The monoisotopic (exact) mass is 281 g/mol. The molecular weight excluding hydrogens is 254 g/mol. The summed E-state index contributed by atoms with van der Waals surface area (Å²) in [5.41, 5.74) is 2.47. The van der Waals surface area contributed by atoms with Gasteiger partial charge in [-0.3, -0.25) is 4.21 Å². The summed E-state index contributed by atoms with van der Waals surface area (Å²) in [5.74, 6) is 0.443. The fraction of sp³-hybridized carbons (Fsp3) is 0.625. The summed E-state index contributed by atoms with van der Waals surface area (Å²) in [5, 5.41) is 3.64. The maximum Gasteiger partial charge on any atom is 0.0517 e. The van der Waals surface area contributed by atoms with E-state index in [1.807, 2.05) is 7.05 Å². The van der Waals surface area contributed by atoms with Crippen LogP contribution in [0.15, 0.2) is 24.3 Å². The molecule has 0 aromatic heterocycles. The summed E-state index contributed by atoms with van der Waals surface area (Å²) in [7, 11) is 1.10. The Kier molecular flexibility index (Phi) is 6.21. The SMILES string of the molecule is CNC(c1ccc(C)cc1)C(C)S(=O)C(C)C(C)C. The van der Waals surface area contributed by atoms with Crippen LogP contribution in [0, 0.1) is 12.8 Å². The van der Waals surface area contributed by atoms with Crippen LogP contribution in [0.1, 0.15) is 44.9 Å². The van der Waals surface area contributed by atoms with Crippen molar-refractivity contribution >= 4 is 10.8 Å². The van der Waals surface area contributed by atoms with Crippen LogP contribution in [0.25, 0.3) is 0 Å². The molecule has 0 spiro atoms. The van der Waals surface area contributed by atoms with E-state index < -0.39 is 10.8 Å². The molecule has 1 rings (SSSR count). The lowest BCUT2D eigenvalue weighted by atomic mass is 10.0. The third-order valence-corrected chi connectivity index (χ3v) is 6.17. The molecule has 2 nitrogen and oxygen atoms in total. The van der Waals surface area contributed by atoms with Crippen molar-refractivity contribution in [2.45, 2.75) is 51.2 Å². The van der Waals surface area contributed by atoms with E-state index in [0.717, 1.165) is 0 Å². The van der Waals surface area contributed by atoms with Crippen molar-refractivity contribution in [3.05, 3.63) is 35.4 Å². The fourth-order valence-corrected chi connectivity index (χ4v) is 3.96. The molecule has 0 saturated heterocycles. The Morgan fingerprint density at radius 1 is 1.00 bits per heavy atom. The highest BCUT2D eigenvalue weighted by atomic mass is 32.2. The first kappa shape index (κ1) is 16.4. The summed E-state index contributed by atoms with van der Waals surface area (Å²) in [6, 6.07) is 8.62. The van der Waals surface area contributed by atoms with Crippen LogP contribution in [-0.2, 0) is 10.8 Å². The van der Waals surface area contributed by atoms with E-state index >= 15 is 0 Å². The van der Waals surface area contributed by atoms with Gasteiger partial charge in [0.25, 0.3) is 0 Å². The highest BCUT2D eigenvalue weighted by Gasteiger charge is 2.27. The van der Waals surface area contributed by atoms with E-state index in [2.05, 4.69) is 64.2 Å². The van der Waals surface area contributed by atoms with Crippen LogP contribution < -0.4 is 5.32 Å². The van der Waals surface area contributed by atoms with Crippen LogP contribution in [0.5, 0.6) is 0 Å². The lowest BCUT2D eigenvalue weighted by Crippen LogP contribution is -2.35. The highest BCUT2D eigenvalue weighted by Crippen LogP contribution is 2.24. The maximum absolute atomic E-state index is 12.6. The van der Waals surface area contributed by atoms with E-state index in [-0.39, 0.29) is 16.5 Å². The summed E-state index contributed by atoms with van der Waals surface area (Å²) < 4.78 is 12.6. The van der Waals surface area contributed by atoms with Gasteiger partial charge in [0.2, 0.25) is 0 Å². The number of hydrogen-bond acceptors (Lipinski definition) is 2. The third kappa shape index (κ3) is 4.15. The molecule has 4 atom stereocenters. The van der Waals surface area contributed by atoms with Gasteiger partial charge in [0, 0.05) is 22.1 Å². The number of hydrogen-bond donors (Lipinski definition) is 1. The van der Waals surface area contributed by atoms with Gasteiger partial charge >= 0.3 is 0 Å². The van der Waals surface area contributed by atoms with E-state index in [9.17, 15) is 4.21 Å². The minimum Gasteiger partial charge on any atom is -0.312 e. The minimum atomic E-state index is -0.838. The van der Waals surface area contributed by atoms with E-state index in [4.69, 9.17) is 0 Å². The second-order valence-corrected chi connectivity index (χ2v) is 7.80. The Bertz CT molecular complexity index is 413. The smallest absolute Gasteiger partial charge is 0.0517 e. The number of benzene rings is 1. The molecule has 3 heteroatoms. The van der Waals surface area contributed by atoms with Gasteiger partial charge in [-0.25, -0.2) is 0 Å². The molecule has 1 N–H and O–H groups in total. The Morgan fingerprint density at radius 3 is 1.95 bits per heavy atom. The fourth-order valence-electron chi connectivity index (χ4n) is 2.19. The predicted molar refractivity (Wildman–Crippen MR) is 84.9 cm³/mol. The normalized spacial score (nSPS) is 18.1. The van der Waals surface area contributed by atoms with Gasteiger partial charge in [0.05, 0.1) is 5.25 Å². The first-order valence-corrected chi connectivity index (χ1v) is 8.29. The molecule has 19 heavy (non-hydrogen) atoms. The average Bonchev–Trinajstić information content (AvgIpc) is 2.39. The number of rotatable bonds is 6. The zero-order valence-corrected chi connectivity index (χ0v) is 13.8. The van der Waals surface area contributed by atoms with Crippen molar-refractivity contribution in [3.63, 3.8) is 0 Å². The molecule has 108 valence electrons. The molecule has 4 unspecified atom stereocenters. The third-order valence-electron chi connectivity index (χ3n) is 3.89. The van der Waals surface area contributed by atoms with Crippen molar-refractivity contribution in [2.24, 2.45) is 5.92 Å². The lowest BCUT2D eigenvalue weighted by Gasteiger charge is -2.27. The van der Waals surface area contributed by atoms with E-state index in [0.29, 0.717) is 5.92 Å². The molecule has 0 aliphatic carbocycles. The van der Waals surface area contributed by atoms with Crippen molar-refractivity contribution in [3.8, 4) is 0 Å². The van der Waals surface area contributed by atoms with Gasteiger partial charge in [-0.05, 0) is 32.4 Å². The van der Waals surface area contributed by atoms with Gasteiger partial charge in [0.1, 0.15) is 0 Å². The Labute approximate surface area is 120 Å². The first-order valence-electron chi connectivity index (χ1n) is 7.01. The molecule has 0 amide bonds. The standard InChI is InChI=1S/C16H27NOS/c1-11(2)13(4)19(18)14(5)16(17-6)15-9-7-12(3)8-10-15/h7-11,13-14,16-17H,1-6H3. The quantitative estimate of drug-likeness (QED) is 0.865. The molecule has 0 aliphatic heterocycles. The lowest BCUT2D eigenvalue weighted by molar-refractivity contribution is 0.549. The van der Waals surface area contributed by atoms with Crippen LogP contribution in [-0.4, -0.2) is 21.8 Å². The van der Waals surface area contributed by atoms with E-state index in [1.165, 1.54) is 11.1 Å². The summed E-state index contributed by atoms with van der Waals surface area (Å²) in [6.07, 6.45) is 0. The Balaban J connectivity index is 2.90. The second kappa shape index (κ2) is 7.20. The van der Waals surface area contributed by atoms with Crippen molar-refractivity contribution in [2.75, 3.05) is 7.05 Å². The maximum atomic E-state index is 12.6. The molecule has 0 bridgehead atoms. The zero-order chi connectivity index (χ0) is 14.6. The van der Waals surface area contributed by atoms with Gasteiger partial charge in [-0.15, -0.1) is 0 Å². The van der Waals surface area contributed by atoms with Gasteiger partial charge in [-0.1, -0.05) is 50.6 Å². The molecule has 1 aromatic carbocycles. The molecule has 0 radical (unpaired) electrons. The molecule has 0 saturated carbocycles. The number of nitrogens with one attached hydrogen (secondary N) is 1. The highest BCUT2D eigenvalue weighted by molar-refractivity contribution is 7.86. The predicted octanol–water partition coefficient (Wildman–Crippen LogP) is 3.44. The molecule has 1 aromatic rings. The van der Waals surface area contributed by atoms with Gasteiger partial charge < -0.3 is 5.32 Å². The Hall–Kier alpha value is -0.670. The van der Waals surface area contributed by atoms with Crippen LogP contribution in [0.2, 0.25) is 0 Å². The second-order valence-electron chi connectivity index (χ2n) is 5.66. The summed E-state index contributed by atoms with van der Waals surface area (Å²) >= 11 is 0. The van der Waals surface area contributed by atoms with Gasteiger partial charge in [-0.2, -0.15) is 0 Å². The summed E-state index contributed by atoms with van der Waals surface area (Å²) in [4.78, 5) is 0. The molecule has 0 aliphatic rings. The Morgan fingerprint density at radius 2 is 1.53 bits per heavy atom. The van der Waals surface area contributed by atoms with E-state index in [1.54, 1.807) is 0 Å². The van der Waals surface area contributed by atoms with Crippen LogP contribution in [0.3, 0.4) is 0 Å². The number of aryl methyl sites for hydroxylation is 1.